The van der Waals surface area contributed by atoms with Crippen molar-refractivity contribution in [3.63, 3.8) is 0 Å². The zero-order chi connectivity index (χ0) is 31.7. The van der Waals surface area contributed by atoms with Gasteiger partial charge in [0.2, 0.25) is 0 Å². The molecule has 3 aromatic heterocycles. The molecule has 2 bridgehead atoms. The highest BCUT2D eigenvalue weighted by Gasteiger charge is 2.54. The Hall–Kier alpha value is -4.06. The fourth-order valence-corrected chi connectivity index (χ4v) is 9.74. The van der Waals surface area contributed by atoms with Gasteiger partial charge in [0, 0.05) is 43.0 Å². The molecule has 0 amide bonds. The average molecular weight is 649 g/mol. The van der Waals surface area contributed by atoms with Gasteiger partial charge in [-0.15, -0.1) is 11.3 Å². The van der Waals surface area contributed by atoms with E-state index < -0.39 is 40.3 Å². The van der Waals surface area contributed by atoms with E-state index in [1.165, 1.54) is 0 Å². The third kappa shape index (κ3) is 3.64. The van der Waals surface area contributed by atoms with E-state index in [1.807, 2.05) is 6.07 Å². The first-order chi connectivity index (χ1) is 22.1. The summed E-state index contributed by atoms with van der Waals surface area (Å²) in [5.41, 5.74) is 4.45. The first-order valence-corrected chi connectivity index (χ1v) is 16.2. The number of pyridine rings is 1. The number of halogens is 4. The van der Waals surface area contributed by atoms with Crippen molar-refractivity contribution >= 4 is 48.7 Å². The highest BCUT2D eigenvalue weighted by atomic mass is 32.1. The van der Waals surface area contributed by atoms with Crippen LogP contribution in [0.5, 0.6) is 6.01 Å². The summed E-state index contributed by atoms with van der Waals surface area (Å²) in [7, 11) is 0. The number of alkyl halides is 1. The van der Waals surface area contributed by atoms with E-state index >= 15 is 8.78 Å². The molecule has 3 N–H and O–H groups in total. The number of rotatable bonds is 4. The SMILES string of the molecule is C=C1C[C@@]23CN[C@@H](CN2c2nc(OC[C@@]45CCCN4C[C@H](F)C5)nc4c(F)c(-c5ncc(F)c6sc(N)c(C#N)c56)c(F)c1c24)C3. The summed E-state index contributed by atoms with van der Waals surface area (Å²) in [5.74, 6) is -2.39. The number of nitriles is 1. The summed E-state index contributed by atoms with van der Waals surface area (Å²) < 4.78 is 69.6. The molecule has 1 aromatic carbocycles. The van der Waals surface area contributed by atoms with E-state index in [0.717, 1.165) is 43.3 Å². The number of thiophene rings is 1. The number of nitrogens with two attached hydrogens (primary N) is 1. The topological polar surface area (TPSA) is 116 Å². The number of aromatic nitrogens is 3. The first-order valence-electron chi connectivity index (χ1n) is 15.3. The van der Waals surface area contributed by atoms with E-state index in [4.69, 9.17) is 15.5 Å². The minimum absolute atomic E-state index is 0.0147. The Kier molecular flexibility index (Phi) is 5.82. The maximum atomic E-state index is 17.0. The number of nitrogens with zero attached hydrogens (tertiary/aromatic N) is 6. The highest BCUT2D eigenvalue weighted by Crippen LogP contribution is 2.53. The largest absolute Gasteiger partial charge is 0.461 e. The van der Waals surface area contributed by atoms with Crippen LogP contribution < -0.4 is 20.7 Å². The molecule has 9 nitrogen and oxygen atoms in total. The molecule has 0 unspecified atom stereocenters. The normalized spacial score (nSPS) is 28.2. The highest BCUT2D eigenvalue weighted by molar-refractivity contribution is 7.23. The van der Waals surface area contributed by atoms with Crippen LogP contribution in [0, 0.1) is 28.8 Å². The summed E-state index contributed by atoms with van der Waals surface area (Å²) in [6.07, 6.45) is 3.09. The molecule has 4 fully saturated rings. The summed E-state index contributed by atoms with van der Waals surface area (Å²) in [6, 6.07) is 2.02. The van der Waals surface area contributed by atoms with Crippen molar-refractivity contribution in [2.75, 3.05) is 43.4 Å². The lowest BCUT2D eigenvalue weighted by Crippen LogP contribution is -2.53. The summed E-state index contributed by atoms with van der Waals surface area (Å²) in [6.45, 7) is 6.70. The molecule has 4 saturated heterocycles. The predicted octanol–water partition coefficient (Wildman–Crippen LogP) is 5.07. The van der Waals surface area contributed by atoms with Crippen LogP contribution in [0.15, 0.2) is 12.8 Å². The molecule has 8 heterocycles. The van der Waals surface area contributed by atoms with Crippen molar-refractivity contribution in [3.8, 4) is 23.3 Å². The molecular weight excluding hydrogens is 620 g/mol. The Balaban J connectivity index is 1.29. The monoisotopic (exact) mass is 648 g/mol. The Morgan fingerprint density at radius 1 is 1.17 bits per heavy atom. The van der Waals surface area contributed by atoms with E-state index in [2.05, 4.69) is 31.7 Å². The van der Waals surface area contributed by atoms with Gasteiger partial charge < -0.3 is 20.7 Å². The van der Waals surface area contributed by atoms with Gasteiger partial charge in [-0.25, -0.2) is 17.6 Å². The second kappa shape index (κ2) is 9.49. The number of nitrogen functional groups attached to an aromatic ring is 1. The molecule has 0 aliphatic carbocycles. The van der Waals surface area contributed by atoms with Gasteiger partial charge in [0.05, 0.1) is 44.2 Å². The molecule has 5 aliphatic heterocycles. The Labute approximate surface area is 264 Å². The molecule has 0 saturated carbocycles. The third-order valence-electron chi connectivity index (χ3n) is 10.7. The molecule has 0 radical (unpaired) electrons. The Morgan fingerprint density at radius 3 is 2.83 bits per heavy atom. The van der Waals surface area contributed by atoms with E-state index in [9.17, 15) is 14.0 Å². The Morgan fingerprint density at radius 2 is 2.02 bits per heavy atom. The van der Waals surface area contributed by atoms with Crippen LogP contribution in [-0.4, -0.2) is 75.9 Å². The van der Waals surface area contributed by atoms with Crippen LogP contribution in [0.2, 0.25) is 0 Å². The van der Waals surface area contributed by atoms with Gasteiger partial charge in [0.25, 0.3) is 0 Å². The van der Waals surface area contributed by atoms with Gasteiger partial charge in [0.1, 0.15) is 41.0 Å². The molecule has 46 heavy (non-hydrogen) atoms. The van der Waals surface area contributed by atoms with Crippen molar-refractivity contribution in [1.82, 2.24) is 25.2 Å². The smallest absolute Gasteiger partial charge is 0.319 e. The molecule has 5 aliphatic rings. The first kappa shape index (κ1) is 28.2. The van der Waals surface area contributed by atoms with E-state index in [1.54, 1.807) is 0 Å². The van der Waals surface area contributed by atoms with Gasteiger partial charge in [-0.3, -0.25) is 9.88 Å². The number of nitrogens with one attached hydrogen (secondary N) is 1. The molecule has 14 heteroatoms. The number of fused-ring (bicyclic) bond motifs is 4. The number of hydrogen-bond acceptors (Lipinski definition) is 10. The lowest BCUT2D eigenvalue weighted by Gasteiger charge is -2.39. The van der Waals surface area contributed by atoms with Crippen molar-refractivity contribution < 1.29 is 22.3 Å². The van der Waals surface area contributed by atoms with Crippen LogP contribution in [0.25, 0.3) is 37.8 Å². The maximum Gasteiger partial charge on any atom is 0.319 e. The second-order valence-corrected chi connectivity index (χ2v) is 14.4. The Bertz CT molecular complexity index is 2080. The van der Waals surface area contributed by atoms with Gasteiger partial charge in [-0.2, -0.15) is 15.2 Å². The van der Waals surface area contributed by atoms with Crippen molar-refractivity contribution in [3.05, 3.63) is 41.4 Å². The lowest BCUT2D eigenvalue weighted by atomic mass is 9.87. The van der Waals surface area contributed by atoms with Gasteiger partial charge >= 0.3 is 6.01 Å². The van der Waals surface area contributed by atoms with Crippen LogP contribution in [0.4, 0.5) is 28.4 Å². The van der Waals surface area contributed by atoms with Gasteiger partial charge in [-0.1, -0.05) is 6.58 Å². The molecular formula is C32H28F4N8OS. The molecule has 4 aromatic rings. The van der Waals surface area contributed by atoms with E-state index in [-0.39, 0.29) is 61.5 Å². The zero-order valence-electron chi connectivity index (χ0n) is 24.6. The summed E-state index contributed by atoms with van der Waals surface area (Å²) in [5, 5.41) is 13.5. The van der Waals surface area contributed by atoms with Gasteiger partial charge in [-0.05, 0) is 37.8 Å². The van der Waals surface area contributed by atoms with E-state index in [0.29, 0.717) is 43.9 Å². The second-order valence-electron chi connectivity index (χ2n) is 13.3. The maximum absolute atomic E-state index is 17.0. The van der Waals surface area contributed by atoms with Crippen molar-refractivity contribution in [2.45, 2.75) is 55.4 Å². The summed E-state index contributed by atoms with van der Waals surface area (Å²) in [4.78, 5) is 17.7. The lowest BCUT2D eigenvalue weighted by molar-refractivity contribution is 0.107. The minimum atomic E-state index is -1.05. The fraction of sp³-hybridized carbons (Fsp3) is 0.438. The molecule has 1 spiro atoms. The number of anilines is 2. The third-order valence-corrected chi connectivity index (χ3v) is 11.8. The fourth-order valence-electron chi connectivity index (χ4n) is 8.82. The number of hydrogen-bond donors (Lipinski definition) is 2. The van der Waals surface area contributed by atoms with Crippen LogP contribution in [0.1, 0.15) is 43.2 Å². The predicted molar refractivity (Wildman–Crippen MR) is 166 cm³/mol. The number of ether oxygens (including phenoxy) is 1. The van der Waals surface area contributed by atoms with Crippen molar-refractivity contribution in [2.24, 2.45) is 0 Å². The zero-order valence-corrected chi connectivity index (χ0v) is 25.4. The van der Waals surface area contributed by atoms with Crippen LogP contribution in [-0.2, 0) is 0 Å². The molecule has 9 rings (SSSR count). The number of benzene rings is 1. The minimum Gasteiger partial charge on any atom is -0.461 e. The quantitative estimate of drug-likeness (QED) is 0.293. The van der Waals surface area contributed by atoms with Crippen LogP contribution >= 0.6 is 11.3 Å². The number of piperazine rings is 1. The molecule has 236 valence electrons. The van der Waals surface area contributed by atoms with Crippen LogP contribution in [0.3, 0.4) is 0 Å². The summed E-state index contributed by atoms with van der Waals surface area (Å²) >= 11 is 0.816. The average Bonchev–Trinajstić information content (AvgIpc) is 3.81. The van der Waals surface area contributed by atoms with Gasteiger partial charge in [0.15, 0.2) is 11.6 Å². The standard InChI is InChI=1S/C32H28F4N8OS/c1-14-5-32-7-16(40-12-32)11-44(32)29-21-19(14)23(35)22(25-20-17(8-37)28(38)46-27(20)18(34)9-39-25)24(36)26(21)41-30(42-29)45-13-31-3-2-4-43(31)10-15(33)6-31/h9,15-16,40H,1-7,10-13,38H2/t15-,16-,31+,32-/m1/s1. The molecule has 4 atom stereocenters. The van der Waals surface area contributed by atoms with Crippen molar-refractivity contribution in [1.29, 1.82) is 5.26 Å².